The number of aryl methyl sites for hydroxylation is 2. The minimum absolute atomic E-state index is 0.0304. The van der Waals surface area contributed by atoms with Crippen LogP contribution in [0.1, 0.15) is 51.1 Å². The number of rotatable bonds is 3. The van der Waals surface area contributed by atoms with E-state index in [1.165, 1.54) is 6.20 Å². The van der Waals surface area contributed by atoms with Crippen molar-refractivity contribution in [1.82, 2.24) is 24.6 Å². The number of aromatic carboxylic acids is 1. The molecule has 1 amide bonds. The summed E-state index contributed by atoms with van der Waals surface area (Å²) in [5.74, 6) is -1.40. The van der Waals surface area contributed by atoms with Crippen molar-refractivity contribution in [2.75, 3.05) is 6.54 Å². The summed E-state index contributed by atoms with van der Waals surface area (Å²) in [6, 6.07) is -0.0304. The fourth-order valence-electron chi connectivity index (χ4n) is 2.97. The molecule has 1 unspecified atom stereocenters. The van der Waals surface area contributed by atoms with E-state index in [2.05, 4.69) is 15.1 Å². The number of nitrogens with zero attached hydrogens (tertiary/aromatic N) is 5. The molecular formula is C15H17N5O3. The van der Waals surface area contributed by atoms with Crippen LogP contribution in [0.4, 0.5) is 0 Å². The SMILES string of the molecule is Cc1nn(C)cc1C1CCCN1C(=O)c1cnc(C(=O)O)cn1. The number of amides is 1. The molecule has 1 saturated heterocycles. The van der Waals surface area contributed by atoms with Gasteiger partial charge in [0.2, 0.25) is 0 Å². The van der Waals surface area contributed by atoms with E-state index in [1.54, 1.807) is 9.58 Å². The second kappa shape index (κ2) is 5.79. The van der Waals surface area contributed by atoms with Crippen LogP contribution < -0.4 is 0 Å². The Morgan fingerprint density at radius 2 is 1.96 bits per heavy atom. The Labute approximate surface area is 132 Å². The summed E-state index contributed by atoms with van der Waals surface area (Å²) in [4.78, 5) is 33.0. The molecule has 1 atom stereocenters. The molecule has 0 aliphatic carbocycles. The normalized spacial score (nSPS) is 17.5. The van der Waals surface area contributed by atoms with Crippen LogP contribution in [0.15, 0.2) is 18.6 Å². The van der Waals surface area contributed by atoms with Crippen molar-refractivity contribution in [3.8, 4) is 0 Å². The van der Waals surface area contributed by atoms with Gasteiger partial charge in [-0.05, 0) is 19.8 Å². The third kappa shape index (κ3) is 2.79. The van der Waals surface area contributed by atoms with Crippen LogP contribution in [0.25, 0.3) is 0 Å². The lowest BCUT2D eigenvalue weighted by Crippen LogP contribution is -2.31. The van der Waals surface area contributed by atoms with Gasteiger partial charge in [0.05, 0.1) is 24.1 Å². The molecule has 0 radical (unpaired) electrons. The molecule has 2 aromatic rings. The summed E-state index contributed by atoms with van der Waals surface area (Å²) in [6.45, 7) is 2.57. The largest absolute Gasteiger partial charge is 0.476 e. The first-order valence-electron chi connectivity index (χ1n) is 7.34. The number of carboxylic acid groups (broad SMARTS) is 1. The Bertz CT molecular complexity index is 753. The van der Waals surface area contributed by atoms with Crippen molar-refractivity contribution in [2.24, 2.45) is 7.05 Å². The van der Waals surface area contributed by atoms with Crippen molar-refractivity contribution >= 4 is 11.9 Å². The van der Waals surface area contributed by atoms with E-state index < -0.39 is 5.97 Å². The van der Waals surface area contributed by atoms with E-state index in [0.29, 0.717) is 6.54 Å². The first-order valence-corrected chi connectivity index (χ1v) is 7.34. The summed E-state index contributed by atoms with van der Waals surface area (Å²) in [6.07, 6.45) is 6.04. The third-order valence-corrected chi connectivity index (χ3v) is 4.01. The van der Waals surface area contributed by atoms with Crippen molar-refractivity contribution in [2.45, 2.75) is 25.8 Å². The average Bonchev–Trinajstić information content (AvgIpc) is 3.12. The zero-order chi connectivity index (χ0) is 16.6. The van der Waals surface area contributed by atoms with Gasteiger partial charge in [-0.25, -0.2) is 14.8 Å². The lowest BCUT2D eigenvalue weighted by Gasteiger charge is -2.24. The van der Waals surface area contributed by atoms with Crippen LogP contribution in [-0.2, 0) is 7.05 Å². The molecule has 1 aliphatic rings. The van der Waals surface area contributed by atoms with E-state index in [-0.39, 0.29) is 23.3 Å². The van der Waals surface area contributed by atoms with Crippen LogP contribution in [0.3, 0.4) is 0 Å². The highest BCUT2D eigenvalue weighted by atomic mass is 16.4. The standard InChI is InChI=1S/C15H17N5O3/c1-9-10(8-19(2)18-9)13-4-3-5-20(13)14(21)11-6-17-12(7-16-11)15(22)23/h6-8,13H,3-5H2,1-2H3,(H,22,23). The zero-order valence-electron chi connectivity index (χ0n) is 12.9. The van der Waals surface area contributed by atoms with Gasteiger partial charge in [-0.2, -0.15) is 5.10 Å². The van der Waals surface area contributed by atoms with Crippen LogP contribution in [0.2, 0.25) is 0 Å². The monoisotopic (exact) mass is 315 g/mol. The molecule has 2 aromatic heterocycles. The van der Waals surface area contributed by atoms with Gasteiger partial charge in [0.1, 0.15) is 5.69 Å². The third-order valence-electron chi connectivity index (χ3n) is 4.01. The number of likely N-dealkylation sites (tertiary alicyclic amines) is 1. The van der Waals surface area contributed by atoms with Crippen molar-refractivity contribution < 1.29 is 14.7 Å². The minimum Gasteiger partial charge on any atom is -0.476 e. The van der Waals surface area contributed by atoms with E-state index in [9.17, 15) is 9.59 Å². The lowest BCUT2D eigenvalue weighted by molar-refractivity contribution is 0.0683. The van der Waals surface area contributed by atoms with Gasteiger partial charge in [0.15, 0.2) is 5.69 Å². The van der Waals surface area contributed by atoms with Crippen molar-refractivity contribution in [1.29, 1.82) is 0 Å². The van der Waals surface area contributed by atoms with Crippen LogP contribution in [-0.4, -0.2) is 48.2 Å². The van der Waals surface area contributed by atoms with E-state index in [0.717, 1.165) is 30.3 Å². The number of hydrogen-bond donors (Lipinski definition) is 1. The average molecular weight is 315 g/mol. The van der Waals surface area contributed by atoms with Crippen molar-refractivity contribution in [3.63, 3.8) is 0 Å². The maximum atomic E-state index is 12.7. The molecule has 8 nitrogen and oxygen atoms in total. The molecule has 3 rings (SSSR count). The molecule has 1 N–H and O–H groups in total. The molecule has 0 bridgehead atoms. The highest BCUT2D eigenvalue weighted by molar-refractivity contribution is 5.93. The molecule has 3 heterocycles. The summed E-state index contributed by atoms with van der Waals surface area (Å²) in [5, 5.41) is 13.2. The molecule has 1 aliphatic heterocycles. The summed E-state index contributed by atoms with van der Waals surface area (Å²) < 4.78 is 1.74. The highest BCUT2D eigenvalue weighted by Crippen LogP contribution is 2.34. The van der Waals surface area contributed by atoms with Gasteiger partial charge in [-0.1, -0.05) is 0 Å². The quantitative estimate of drug-likeness (QED) is 0.913. The summed E-state index contributed by atoms with van der Waals surface area (Å²) in [7, 11) is 1.85. The Hall–Kier alpha value is -2.77. The first kappa shape index (κ1) is 15.1. The summed E-state index contributed by atoms with van der Waals surface area (Å²) in [5.41, 5.74) is 1.92. The molecule has 23 heavy (non-hydrogen) atoms. The van der Waals surface area contributed by atoms with Crippen LogP contribution in [0.5, 0.6) is 0 Å². The Balaban J connectivity index is 1.86. The van der Waals surface area contributed by atoms with Crippen LogP contribution >= 0.6 is 0 Å². The molecule has 0 spiro atoms. The van der Waals surface area contributed by atoms with E-state index in [4.69, 9.17) is 5.11 Å². The number of hydrogen-bond acceptors (Lipinski definition) is 5. The van der Waals surface area contributed by atoms with Gasteiger partial charge in [0, 0.05) is 25.4 Å². The number of carbonyl (C=O) groups excluding carboxylic acids is 1. The molecule has 8 heteroatoms. The fourth-order valence-corrected chi connectivity index (χ4v) is 2.97. The molecular weight excluding hydrogens is 298 g/mol. The van der Waals surface area contributed by atoms with E-state index >= 15 is 0 Å². The predicted molar refractivity (Wildman–Crippen MR) is 79.9 cm³/mol. The second-order valence-electron chi connectivity index (χ2n) is 5.59. The maximum absolute atomic E-state index is 12.7. The molecule has 0 aromatic carbocycles. The molecule has 120 valence electrons. The van der Waals surface area contributed by atoms with Gasteiger partial charge < -0.3 is 10.0 Å². The Morgan fingerprint density at radius 1 is 1.26 bits per heavy atom. The van der Waals surface area contributed by atoms with Gasteiger partial charge in [-0.15, -0.1) is 0 Å². The fraction of sp³-hybridized carbons (Fsp3) is 0.400. The van der Waals surface area contributed by atoms with E-state index in [1.807, 2.05) is 20.2 Å². The van der Waals surface area contributed by atoms with Gasteiger partial charge in [-0.3, -0.25) is 9.48 Å². The van der Waals surface area contributed by atoms with Crippen molar-refractivity contribution in [3.05, 3.63) is 41.2 Å². The van der Waals surface area contributed by atoms with Crippen LogP contribution in [0, 0.1) is 6.92 Å². The first-order chi connectivity index (χ1) is 11.0. The zero-order valence-corrected chi connectivity index (χ0v) is 12.9. The lowest BCUT2D eigenvalue weighted by atomic mass is 10.1. The summed E-state index contributed by atoms with van der Waals surface area (Å²) >= 11 is 0. The second-order valence-corrected chi connectivity index (χ2v) is 5.59. The number of aromatic nitrogens is 4. The van der Waals surface area contributed by atoms with Gasteiger partial charge >= 0.3 is 5.97 Å². The number of carboxylic acids is 1. The Morgan fingerprint density at radius 3 is 2.52 bits per heavy atom. The van der Waals surface area contributed by atoms with Gasteiger partial charge in [0.25, 0.3) is 5.91 Å². The topological polar surface area (TPSA) is 101 Å². The Kier molecular flexibility index (Phi) is 3.81. The highest BCUT2D eigenvalue weighted by Gasteiger charge is 2.33. The maximum Gasteiger partial charge on any atom is 0.356 e. The smallest absolute Gasteiger partial charge is 0.356 e. The predicted octanol–water partition coefficient (Wildman–Crippen LogP) is 1.19. The minimum atomic E-state index is -1.17. The molecule has 1 fully saturated rings. The number of carbonyl (C=O) groups is 2. The molecule has 0 saturated carbocycles.